The van der Waals surface area contributed by atoms with Crippen LogP contribution in [0.15, 0.2) is 24.3 Å². The van der Waals surface area contributed by atoms with Gasteiger partial charge in [-0.25, -0.2) is 0 Å². The Labute approximate surface area is 153 Å². The third-order valence-electron chi connectivity index (χ3n) is 4.61. The lowest BCUT2D eigenvalue weighted by molar-refractivity contribution is 0.150. The molecule has 1 aromatic heterocycles. The molecule has 3 rings (SSSR count). The number of benzene rings is 1. The summed E-state index contributed by atoms with van der Waals surface area (Å²) in [5.41, 5.74) is 1.62. The van der Waals surface area contributed by atoms with Crippen molar-refractivity contribution in [2.24, 2.45) is 0 Å². The minimum absolute atomic E-state index is 0.187. The van der Waals surface area contributed by atoms with E-state index in [9.17, 15) is 0 Å². The summed E-state index contributed by atoms with van der Waals surface area (Å²) >= 11 is 6.06. The van der Waals surface area contributed by atoms with Crippen LogP contribution in [-0.2, 0) is 0 Å². The number of hydrogen-bond donors (Lipinski definition) is 2. The van der Waals surface area contributed by atoms with Crippen LogP contribution in [0.5, 0.6) is 5.75 Å². The van der Waals surface area contributed by atoms with Gasteiger partial charge in [-0.3, -0.25) is 5.10 Å². The van der Waals surface area contributed by atoms with Crippen molar-refractivity contribution in [2.45, 2.75) is 57.6 Å². The van der Waals surface area contributed by atoms with E-state index in [0.29, 0.717) is 22.5 Å². The molecule has 1 saturated carbocycles. The normalized spacial score (nSPS) is 20.3. The quantitative estimate of drug-likeness (QED) is 0.800. The van der Waals surface area contributed by atoms with Crippen molar-refractivity contribution in [1.82, 2.24) is 10.2 Å². The molecule has 1 aliphatic rings. The molecule has 1 fully saturated rings. The van der Waals surface area contributed by atoms with E-state index < -0.39 is 0 Å². The third kappa shape index (κ3) is 4.46. The van der Waals surface area contributed by atoms with Crippen LogP contribution in [0.2, 0.25) is 5.02 Å². The van der Waals surface area contributed by atoms with Crippen LogP contribution in [0.4, 0.5) is 5.82 Å². The van der Waals surface area contributed by atoms with E-state index in [2.05, 4.69) is 41.5 Å². The van der Waals surface area contributed by atoms with Crippen LogP contribution in [0, 0.1) is 11.3 Å². The predicted molar refractivity (Wildman–Crippen MR) is 99.1 cm³/mol. The lowest BCUT2D eigenvalue weighted by Crippen LogP contribution is -2.31. The molecule has 0 aliphatic heterocycles. The summed E-state index contributed by atoms with van der Waals surface area (Å²) in [5, 5.41) is 20.3. The average molecular weight is 359 g/mol. The van der Waals surface area contributed by atoms with Crippen LogP contribution >= 0.6 is 11.6 Å². The Kier molecular flexibility index (Phi) is 5.50. The first-order valence-electron chi connectivity index (χ1n) is 8.73. The largest absolute Gasteiger partial charge is 0.490 e. The molecule has 0 atom stereocenters. The van der Waals surface area contributed by atoms with Crippen molar-refractivity contribution in [3.05, 3.63) is 40.5 Å². The zero-order valence-electron chi connectivity index (χ0n) is 14.6. The Balaban J connectivity index is 1.50. The molecule has 0 radical (unpaired) electrons. The zero-order valence-corrected chi connectivity index (χ0v) is 15.3. The molecule has 0 amide bonds. The molecule has 2 N–H and O–H groups in total. The van der Waals surface area contributed by atoms with Gasteiger partial charge in [0.25, 0.3) is 0 Å². The number of ether oxygens (including phenoxy) is 1. The maximum absolute atomic E-state index is 8.92. The van der Waals surface area contributed by atoms with Gasteiger partial charge in [-0.2, -0.15) is 10.4 Å². The highest BCUT2D eigenvalue weighted by Crippen LogP contribution is 2.28. The predicted octanol–water partition coefficient (Wildman–Crippen LogP) is 4.86. The maximum atomic E-state index is 8.92. The lowest BCUT2D eigenvalue weighted by atomic mass is 9.93. The Hall–Kier alpha value is -2.19. The van der Waals surface area contributed by atoms with Gasteiger partial charge in [-0.15, -0.1) is 0 Å². The van der Waals surface area contributed by atoms with Gasteiger partial charge in [-0.1, -0.05) is 25.4 Å². The highest BCUT2D eigenvalue weighted by Gasteiger charge is 2.23. The number of aromatic amines is 1. The fourth-order valence-electron chi connectivity index (χ4n) is 3.09. The number of nitrogens with zero attached hydrogens (tertiary/aromatic N) is 2. The van der Waals surface area contributed by atoms with Gasteiger partial charge in [0.2, 0.25) is 0 Å². The summed E-state index contributed by atoms with van der Waals surface area (Å²) < 4.78 is 6.03. The van der Waals surface area contributed by atoms with E-state index in [-0.39, 0.29) is 6.10 Å². The number of rotatable bonds is 5. The average Bonchev–Trinajstić information content (AvgIpc) is 3.06. The molecule has 0 spiro atoms. The molecule has 1 aromatic carbocycles. The fraction of sp³-hybridized carbons (Fsp3) is 0.474. The number of nitriles is 1. The van der Waals surface area contributed by atoms with E-state index in [4.69, 9.17) is 21.6 Å². The molecule has 0 bridgehead atoms. The molecule has 132 valence electrons. The van der Waals surface area contributed by atoms with E-state index in [1.165, 1.54) is 0 Å². The van der Waals surface area contributed by atoms with Crippen molar-refractivity contribution in [3.8, 4) is 11.8 Å². The van der Waals surface area contributed by atoms with E-state index in [1.807, 2.05) is 6.07 Å². The van der Waals surface area contributed by atoms with Crippen molar-refractivity contribution < 1.29 is 4.74 Å². The Morgan fingerprint density at radius 3 is 2.64 bits per heavy atom. The number of aromatic nitrogens is 2. The molecule has 0 unspecified atom stereocenters. The summed E-state index contributed by atoms with van der Waals surface area (Å²) in [6, 6.07) is 9.81. The molecule has 5 nitrogen and oxygen atoms in total. The first-order valence-corrected chi connectivity index (χ1v) is 9.11. The fourth-order valence-corrected chi connectivity index (χ4v) is 3.31. The summed E-state index contributed by atoms with van der Waals surface area (Å²) in [6.45, 7) is 4.30. The standard InChI is InChI=1S/C19H23ClN4O/c1-12(2)18-10-19(24-23-18)22-14-4-7-15(8-5-14)25-16-6-3-13(11-21)17(20)9-16/h3,6,9-10,12,14-15H,4-5,7-8H2,1-2H3,(H2,22,23,24)/t14-,15-. The van der Waals surface area contributed by atoms with Crippen molar-refractivity contribution >= 4 is 17.4 Å². The molecular weight excluding hydrogens is 336 g/mol. The van der Waals surface area contributed by atoms with Gasteiger partial charge in [0.1, 0.15) is 17.6 Å². The minimum Gasteiger partial charge on any atom is -0.490 e. The highest BCUT2D eigenvalue weighted by atomic mass is 35.5. The molecule has 0 saturated heterocycles. The summed E-state index contributed by atoms with van der Waals surface area (Å²) in [4.78, 5) is 0. The first-order chi connectivity index (χ1) is 12.0. The SMILES string of the molecule is CC(C)c1cc(N[C@H]2CC[C@H](Oc3ccc(C#N)c(Cl)c3)CC2)n[nH]1. The van der Waals surface area contributed by atoms with Crippen molar-refractivity contribution in [1.29, 1.82) is 5.26 Å². The molecule has 1 aliphatic carbocycles. The van der Waals surface area contributed by atoms with E-state index in [0.717, 1.165) is 42.9 Å². The number of hydrogen-bond acceptors (Lipinski definition) is 4. The first kappa shape index (κ1) is 17.6. The summed E-state index contributed by atoms with van der Waals surface area (Å²) in [5.74, 6) is 2.10. The maximum Gasteiger partial charge on any atom is 0.148 e. The Morgan fingerprint density at radius 1 is 1.28 bits per heavy atom. The lowest BCUT2D eigenvalue weighted by Gasteiger charge is -2.29. The van der Waals surface area contributed by atoms with Crippen LogP contribution in [0.1, 0.15) is 56.7 Å². The van der Waals surface area contributed by atoms with Gasteiger partial charge in [0.15, 0.2) is 0 Å². The number of nitrogens with one attached hydrogen (secondary N) is 2. The summed E-state index contributed by atoms with van der Waals surface area (Å²) in [7, 11) is 0. The summed E-state index contributed by atoms with van der Waals surface area (Å²) in [6.07, 6.45) is 4.23. The van der Waals surface area contributed by atoms with E-state index in [1.54, 1.807) is 12.1 Å². The number of H-pyrrole nitrogens is 1. The van der Waals surface area contributed by atoms with Gasteiger partial charge in [-0.05, 0) is 43.7 Å². The topological polar surface area (TPSA) is 73.7 Å². The van der Waals surface area contributed by atoms with Crippen LogP contribution < -0.4 is 10.1 Å². The molecule has 2 aromatic rings. The highest BCUT2D eigenvalue weighted by molar-refractivity contribution is 6.31. The van der Waals surface area contributed by atoms with Gasteiger partial charge >= 0.3 is 0 Å². The van der Waals surface area contributed by atoms with Crippen LogP contribution in [0.3, 0.4) is 0 Å². The molecule has 1 heterocycles. The van der Waals surface area contributed by atoms with Crippen LogP contribution in [-0.4, -0.2) is 22.3 Å². The van der Waals surface area contributed by atoms with Crippen molar-refractivity contribution in [3.63, 3.8) is 0 Å². The zero-order chi connectivity index (χ0) is 17.8. The molecule has 6 heteroatoms. The van der Waals surface area contributed by atoms with Gasteiger partial charge in [0, 0.05) is 23.9 Å². The third-order valence-corrected chi connectivity index (χ3v) is 4.92. The van der Waals surface area contributed by atoms with Gasteiger partial charge in [0.05, 0.1) is 16.7 Å². The Bertz CT molecular complexity index is 757. The molecule has 25 heavy (non-hydrogen) atoms. The molecular formula is C19H23ClN4O. The van der Waals surface area contributed by atoms with E-state index >= 15 is 0 Å². The number of halogens is 1. The second kappa shape index (κ2) is 7.79. The Morgan fingerprint density at radius 2 is 2.04 bits per heavy atom. The number of anilines is 1. The van der Waals surface area contributed by atoms with Crippen molar-refractivity contribution in [2.75, 3.05) is 5.32 Å². The minimum atomic E-state index is 0.187. The smallest absolute Gasteiger partial charge is 0.148 e. The van der Waals surface area contributed by atoms with Crippen LogP contribution in [0.25, 0.3) is 0 Å². The monoisotopic (exact) mass is 358 g/mol. The second-order valence-electron chi connectivity index (χ2n) is 6.85. The van der Waals surface area contributed by atoms with Gasteiger partial charge < -0.3 is 10.1 Å². The second-order valence-corrected chi connectivity index (χ2v) is 7.26.